The van der Waals surface area contributed by atoms with Gasteiger partial charge in [-0.25, -0.2) is 6.57 Å². The normalized spacial score (nSPS) is 12.6. The lowest BCUT2D eigenvalue weighted by Gasteiger charge is -1.95. The second-order valence-electron chi connectivity index (χ2n) is 2.47. The Bertz CT molecular complexity index is 91.2. The first-order valence-electron chi connectivity index (χ1n) is 3.67. The molecule has 0 aliphatic heterocycles. The molecule has 0 N–H and O–H groups in total. The summed E-state index contributed by atoms with van der Waals surface area (Å²) in [7, 11) is 0. The Labute approximate surface area is 57.9 Å². The van der Waals surface area contributed by atoms with Gasteiger partial charge in [0, 0.05) is 13.3 Å². The molecule has 0 aliphatic rings. The molecule has 0 rings (SSSR count). The summed E-state index contributed by atoms with van der Waals surface area (Å²) in [5, 5.41) is 0. The van der Waals surface area contributed by atoms with E-state index in [2.05, 4.69) is 11.8 Å². The van der Waals surface area contributed by atoms with Crippen LogP contribution < -0.4 is 0 Å². The van der Waals surface area contributed by atoms with Gasteiger partial charge in [-0.2, -0.15) is 0 Å². The Morgan fingerprint density at radius 1 is 1.44 bits per heavy atom. The Hall–Kier alpha value is -0.510. The summed E-state index contributed by atoms with van der Waals surface area (Å²) in [6.45, 7) is 10.8. The highest BCUT2D eigenvalue weighted by molar-refractivity contribution is 4.71. The molecule has 0 radical (unpaired) electrons. The van der Waals surface area contributed by atoms with E-state index in [0.29, 0.717) is 0 Å². The van der Waals surface area contributed by atoms with Crippen LogP contribution in [-0.2, 0) is 0 Å². The molecule has 1 nitrogen and oxygen atoms in total. The van der Waals surface area contributed by atoms with Crippen molar-refractivity contribution < 1.29 is 0 Å². The fraction of sp³-hybridized carbons (Fsp3) is 0.875. The molecule has 0 saturated heterocycles. The van der Waals surface area contributed by atoms with Gasteiger partial charge >= 0.3 is 0 Å². The van der Waals surface area contributed by atoms with Gasteiger partial charge in [0.1, 0.15) is 0 Å². The third kappa shape index (κ3) is 5.36. The summed E-state index contributed by atoms with van der Waals surface area (Å²) in [5.74, 6) is 0. The fourth-order valence-corrected chi connectivity index (χ4v) is 0.754. The molecule has 0 aromatic rings. The second-order valence-corrected chi connectivity index (χ2v) is 2.47. The number of nitrogens with zero attached hydrogens (tertiary/aromatic N) is 1. The summed E-state index contributed by atoms with van der Waals surface area (Å²) in [6.07, 6.45) is 4.84. The Kier molecular flexibility index (Phi) is 5.30. The van der Waals surface area contributed by atoms with Crippen molar-refractivity contribution in [3.63, 3.8) is 0 Å². The topological polar surface area (TPSA) is 4.36 Å². The van der Waals surface area contributed by atoms with Crippen LogP contribution in [0.4, 0.5) is 0 Å². The fourth-order valence-electron chi connectivity index (χ4n) is 0.754. The van der Waals surface area contributed by atoms with Crippen LogP contribution in [0.1, 0.15) is 39.5 Å². The summed E-state index contributed by atoms with van der Waals surface area (Å²) < 4.78 is 0. The number of hydrogen-bond acceptors (Lipinski definition) is 0. The van der Waals surface area contributed by atoms with Gasteiger partial charge in [0.25, 0.3) is 0 Å². The first-order valence-corrected chi connectivity index (χ1v) is 3.67. The standard InChI is InChI=1S/C8H15N/c1-4-5-6-7-8(2)9-3/h8H,4-7H2,1-2H3. The lowest BCUT2D eigenvalue weighted by atomic mass is 10.1. The molecule has 0 amide bonds. The summed E-state index contributed by atoms with van der Waals surface area (Å²) in [5.41, 5.74) is 0. The van der Waals surface area contributed by atoms with E-state index < -0.39 is 0 Å². The maximum Gasteiger partial charge on any atom is 0.221 e. The molecule has 52 valence electrons. The molecular formula is C8H15N. The van der Waals surface area contributed by atoms with Crippen molar-refractivity contribution >= 4 is 0 Å². The molecule has 0 bridgehead atoms. The lowest BCUT2D eigenvalue weighted by Crippen LogP contribution is -1.92. The van der Waals surface area contributed by atoms with Crippen LogP contribution in [0.25, 0.3) is 4.85 Å². The van der Waals surface area contributed by atoms with Gasteiger partial charge in [-0.3, -0.25) is 0 Å². The van der Waals surface area contributed by atoms with E-state index in [0.717, 1.165) is 6.42 Å². The van der Waals surface area contributed by atoms with E-state index in [9.17, 15) is 0 Å². The highest BCUT2D eigenvalue weighted by atomic mass is 14.7. The van der Waals surface area contributed by atoms with Crippen molar-refractivity contribution in [3.05, 3.63) is 11.4 Å². The van der Waals surface area contributed by atoms with Gasteiger partial charge in [-0.05, 0) is 6.42 Å². The first kappa shape index (κ1) is 8.49. The largest absolute Gasteiger partial charge is 0.314 e. The van der Waals surface area contributed by atoms with Crippen molar-refractivity contribution in [2.24, 2.45) is 0 Å². The van der Waals surface area contributed by atoms with Crippen molar-refractivity contribution in [1.82, 2.24) is 0 Å². The molecule has 0 aliphatic carbocycles. The minimum Gasteiger partial charge on any atom is -0.314 e. The molecule has 0 spiro atoms. The molecule has 1 atom stereocenters. The van der Waals surface area contributed by atoms with Crippen LogP contribution in [0, 0.1) is 6.57 Å². The van der Waals surface area contributed by atoms with Gasteiger partial charge in [-0.15, -0.1) is 0 Å². The zero-order chi connectivity index (χ0) is 7.11. The average molecular weight is 125 g/mol. The number of rotatable bonds is 4. The van der Waals surface area contributed by atoms with Crippen LogP contribution in [0.2, 0.25) is 0 Å². The van der Waals surface area contributed by atoms with Crippen molar-refractivity contribution in [2.45, 2.75) is 45.6 Å². The van der Waals surface area contributed by atoms with Crippen LogP contribution in [0.3, 0.4) is 0 Å². The number of unbranched alkanes of at least 4 members (excludes halogenated alkanes) is 2. The van der Waals surface area contributed by atoms with Gasteiger partial charge in [0.15, 0.2) is 0 Å². The van der Waals surface area contributed by atoms with Crippen LogP contribution in [0.15, 0.2) is 0 Å². The van der Waals surface area contributed by atoms with Crippen LogP contribution in [0.5, 0.6) is 0 Å². The predicted octanol–water partition coefficient (Wildman–Crippen LogP) is 2.87. The van der Waals surface area contributed by atoms with Crippen LogP contribution in [-0.4, -0.2) is 6.04 Å². The van der Waals surface area contributed by atoms with E-state index in [-0.39, 0.29) is 6.04 Å². The Balaban J connectivity index is 2.99. The molecule has 0 fully saturated rings. The van der Waals surface area contributed by atoms with Gasteiger partial charge < -0.3 is 4.85 Å². The average Bonchev–Trinajstić information content (AvgIpc) is 1.89. The van der Waals surface area contributed by atoms with Gasteiger partial charge in [0.05, 0.1) is 0 Å². The summed E-state index contributed by atoms with van der Waals surface area (Å²) in [4.78, 5) is 3.41. The van der Waals surface area contributed by atoms with Crippen LogP contribution >= 0.6 is 0 Å². The van der Waals surface area contributed by atoms with Gasteiger partial charge in [-0.1, -0.05) is 19.8 Å². The predicted molar refractivity (Wildman–Crippen MR) is 40.2 cm³/mol. The quantitative estimate of drug-likeness (QED) is 0.402. The zero-order valence-corrected chi connectivity index (χ0v) is 6.35. The Morgan fingerprint density at radius 2 is 2.11 bits per heavy atom. The number of hydrogen-bond donors (Lipinski definition) is 0. The molecule has 9 heavy (non-hydrogen) atoms. The summed E-state index contributed by atoms with van der Waals surface area (Å²) >= 11 is 0. The zero-order valence-electron chi connectivity index (χ0n) is 6.35. The highest BCUT2D eigenvalue weighted by Gasteiger charge is 2.00. The van der Waals surface area contributed by atoms with Crippen molar-refractivity contribution in [2.75, 3.05) is 0 Å². The SMILES string of the molecule is [C-]#[N+]C(C)CCCCC. The minimum atomic E-state index is 0.247. The first-order chi connectivity index (χ1) is 4.31. The molecule has 0 heterocycles. The molecule has 1 heteroatoms. The van der Waals surface area contributed by atoms with Crippen molar-refractivity contribution in [1.29, 1.82) is 0 Å². The minimum absolute atomic E-state index is 0.247. The monoisotopic (exact) mass is 125 g/mol. The van der Waals surface area contributed by atoms with Crippen molar-refractivity contribution in [3.8, 4) is 0 Å². The smallest absolute Gasteiger partial charge is 0.221 e. The van der Waals surface area contributed by atoms with E-state index in [1.807, 2.05) is 6.92 Å². The molecule has 0 aromatic heterocycles. The lowest BCUT2D eigenvalue weighted by molar-refractivity contribution is 0.634. The third-order valence-corrected chi connectivity index (χ3v) is 1.45. The molecular weight excluding hydrogens is 110 g/mol. The summed E-state index contributed by atoms with van der Waals surface area (Å²) in [6, 6.07) is 0.247. The Morgan fingerprint density at radius 3 is 2.56 bits per heavy atom. The maximum absolute atomic E-state index is 6.67. The second kappa shape index (κ2) is 5.62. The van der Waals surface area contributed by atoms with E-state index >= 15 is 0 Å². The van der Waals surface area contributed by atoms with E-state index in [1.54, 1.807) is 0 Å². The van der Waals surface area contributed by atoms with E-state index in [4.69, 9.17) is 6.57 Å². The maximum atomic E-state index is 6.67. The highest BCUT2D eigenvalue weighted by Crippen LogP contribution is 2.04. The molecule has 1 unspecified atom stereocenters. The van der Waals surface area contributed by atoms with E-state index in [1.165, 1.54) is 19.3 Å². The molecule has 0 aromatic carbocycles. The van der Waals surface area contributed by atoms with Gasteiger partial charge in [0.2, 0.25) is 6.04 Å². The molecule has 0 saturated carbocycles. The third-order valence-electron chi connectivity index (χ3n) is 1.45.